The number of benzene rings is 1. The number of ether oxygens (including phenoxy) is 1. The molecule has 130 valence electrons. The molecule has 0 spiro atoms. The van der Waals surface area contributed by atoms with Gasteiger partial charge in [0.05, 0.1) is 11.8 Å². The van der Waals surface area contributed by atoms with Crippen molar-refractivity contribution in [2.45, 2.75) is 51.9 Å². The smallest absolute Gasteiger partial charge is 0.125 e. The molecule has 5 nitrogen and oxygen atoms in total. The maximum Gasteiger partial charge on any atom is 0.125 e. The van der Waals surface area contributed by atoms with Crippen molar-refractivity contribution >= 4 is 0 Å². The summed E-state index contributed by atoms with van der Waals surface area (Å²) in [4.78, 5) is 0. The molecule has 1 aliphatic carbocycles. The molecule has 1 saturated carbocycles. The Morgan fingerprint density at radius 1 is 1.25 bits per heavy atom. The lowest BCUT2D eigenvalue weighted by molar-refractivity contribution is -0.0306. The summed E-state index contributed by atoms with van der Waals surface area (Å²) in [6.07, 6.45) is 2.48. The summed E-state index contributed by atoms with van der Waals surface area (Å²) in [5.41, 5.74) is 3.36. The molecule has 0 bridgehead atoms. The third kappa shape index (κ3) is 3.97. The van der Waals surface area contributed by atoms with Crippen LogP contribution >= 0.6 is 0 Å². The van der Waals surface area contributed by atoms with E-state index in [1.807, 2.05) is 44.2 Å². The molecule has 0 aliphatic heterocycles. The van der Waals surface area contributed by atoms with Crippen molar-refractivity contribution in [3.8, 4) is 5.75 Å². The number of para-hydroxylation sites is 1. The van der Waals surface area contributed by atoms with E-state index in [1.54, 1.807) is 0 Å². The molecule has 0 unspecified atom stereocenters. The number of aromatic amines is 1. The summed E-state index contributed by atoms with van der Waals surface area (Å²) in [5, 5.41) is 21.4. The van der Waals surface area contributed by atoms with Gasteiger partial charge in [0.2, 0.25) is 0 Å². The fraction of sp³-hybridized carbons (Fsp3) is 0.526. The molecule has 1 aromatic carbocycles. The Labute approximate surface area is 143 Å². The lowest BCUT2D eigenvalue weighted by Gasteiger charge is -2.35. The lowest BCUT2D eigenvalue weighted by atomic mass is 9.84. The summed E-state index contributed by atoms with van der Waals surface area (Å²) < 4.78 is 6.00. The summed E-state index contributed by atoms with van der Waals surface area (Å²) in [6.45, 7) is 5.62. The molecule has 0 amide bonds. The minimum absolute atomic E-state index is 0.120. The van der Waals surface area contributed by atoms with Crippen molar-refractivity contribution in [2.24, 2.45) is 5.92 Å². The molecule has 3 N–H and O–H groups in total. The van der Waals surface area contributed by atoms with Gasteiger partial charge in [-0.1, -0.05) is 18.2 Å². The molecule has 1 aliphatic rings. The predicted molar refractivity (Wildman–Crippen MR) is 94.0 cm³/mol. The minimum atomic E-state index is -0.432. The summed E-state index contributed by atoms with van der Waals surface area (Å²) in [7, 11) is 0. The number of hydrogen-bond donors (Lipinski definition) is 3. The average Bonchev–Trinajstić information content (AvgIpc) is 2.91. The third-order valence-electron chi connectivity index (χ3n) is 4.95. The number of aliphatic hydroxyl groups is 1. The van der Waals surface area contributed by atoms with Gasteiger partial charge < -0.3 is 15.2 Å². The number of rotatable bonds is 6. The van der Waals surface area contributed by atoms with Crippen LogP contribution in [0.3, 0.4) is 0 Å². The Morgan fingerprint density at radius 3 is 2.75 bits per heavy atom. The summed E-state index contributed by atoms with van der Waals surface area (Å²) >= 11 is 0. The monoisotopic (exact) mass is 329 g/mol. The van der Waals surface area contributed by atoms with Crippen LogP contribution in [0.2, 0.25) is 0 Å². The van der Waals surface area contributed by atoms with Crippen molar-refractivity contribution in [1.82, 2.24) is 15.5 Å². The number of nitrogens with one attached hydrogen (secondary N) is 2. The fourth-order valence-corrected chi connectivity index (χ4v) is 3.47. The van der Waals surface area contributed by atoms with Crippen molar-refractivity contribution in [1.29, 1.82) is 0 Å². The molecular weight excluding hydrogens is 302 g/mol. The highest BCUT2D eigenvalue weighted by Gasteiger charge is 2.33. The average molecular weight is 329 g/mol. The predicted octanol–water partition coefficient (Wildman–Crippen LogP) is 2.72. The molecule has 1 fully saturated rings. The van der Waals surface area contributed by atoms with Gasteiger partial charge in [-0.25, -0.2) is 0 Å². The topological polar surface area (TPSA) is 70.2 Å². The van der Waals surface area contributed by atoms with E-state index in [2.05, 4.69) is 15.5 Å². The molecule has 3 atom stereocenters. The molecule has 2 aromatic rings. The van der Waals surface area contributed by atoms with Gasteiger partial charge in [0, 0.05) is 30.3 Å². The first kappa shape index (κ1) is 17.0. The van der Waals surface area contributed by atoms with E-state index >= 15 is 0 Å². The molecule has 0 radical (unpaired) electrons. The molecular formula is C19H27N3O2. The number of nitrogens with zero attached hydrogens (tertiary/aromatic N) is 1. The van der Waals surface area contributed by atoms with Gasteiger partial charge in [-0.15, -0.1) is 0 Å². The number of aliphatic hydroxyl groups excluding tert-OH is 1. The first-order chi connectivity index (χ1) is 11.6. The first-order valence-electron chi connectivity index (χ1n) is 8.76. The van der Waals surface area contributed by atoms with Gasteiger partial charge in [0.15, 0.2) is 0 Å². The van der Waals surface area contributed by atoms with E-state index in [0.717, 1.165) is 49.5 Å². The van der Waals surface area contributed by atoms with Gasteiger partial charge in [-0.2, -0.15) is 5.10 Å². The second kappa shape index (κ2) is 7.81. The Bertz CT molecular complexity index is 622. The van der Waals surface area contributed by atoms with Crippen molar-refractivity contribution in [2.75, 3.05) is 6.54 Å². The van der Waals surface area contributed by atoms with Gasteiger partial charge in [0.25, 0.3) is 0 Å². The van der Waals surface area contributed by atoms with Crippen LogP contribution < -0.4 is 10.1 Å². The Balaban J connectivity index is 1.52. The maximum atomic E-state index is 10.7. The second-order valence-corrected chi connectivity index (χ2v) is 6.69. The Morgan fingerprint density at radius 2 is 2.04 bits per heavy atom. The van der Waals surface area contributed by atoms with Crippen molar-refractivity contribution in [3.05, 3.63) is 47.3 Å². The van der Waals surface area contributed by atoms with E-state index in [-0.39, 0.29) is 12.0 Å². The largest absolute Gasteiger partial charge is 0.488 e. The second-order valence-electron chi connectivity index (χ2n) is 6.69. The van der Waals surface area contributed by atoms with E-state index in [0.29, 0.717) is 0 Å². The number of H-pyrrole nitrogens is 1. The normalized spacial score (nSPS) is 24.0. The Kier molecular flexibility index (Phi) is 5.53. The van der Waals surface area contributed by atoms with Gasteiger partial charge in [-0.05, 0) is 45.2 Å². The SMILES string of the molecule is Cc1n[nH]c(C)c1CNC[C@H]1CCC[C@@H](Oc2ccccc2)[C@@H]1O. The number of aromatic nitrogens is 2. The van der Waals surface area contributed by atoms with Gasteiger partial charge >= 0.3 is 0 Å². The highest BCUT2D eigenvalue weighted by atomic mass is 16.5. The van der Waals surface area contributed by atoms with Crippen molar-refractivity contribution < 1.29 is 9.84 Å². The molecule has 0 saturated heterocycles. The standard InChI is InChI=1S/C19H27N3O2/c1-13-17(14(2)22-21-13)12-20-11-15-7-6-10-18(19(15)23)24-16-8-4-3-5-9-16/h3-5,8-9,15,18-20,23H,6-7,10-12H2,1-2H3,(H,21,22)/t15-,18-,19-/m1/s1. The van der Waals surface area contributed by atoms with Crippen LogP contribution in [0.4, 0.5) is 0 Å². The quantitative estimate of drug-likeness (QED) is 0.762. The van der Waals surface area contributed by atoms with Crippen LogP contribution in [-0.2, 0) is 6.54 Å². The highest BCUT2D eigenvalue weighted by Crippen LogP contribution is 2.28. The van der Waals surface area contributed by atoms with Gasteiger partial charge in [0.1, 0.15) is 11.9 Å². The van der Waals surface area contributed by atoms with Crippen LogP contribution in [-0.4, -0.2) is 34.1 Å². The minimum Gasteiger partial charge on any atom is -0.488 e. The Hall–Kier alpha value is -1.85. The molecule has 3 rings (SSSR count). The molecule has 1 heterocycles. The zero-order valence-electron chi connectivity index (χ0n) is 14.5. The number of aryl methyl sites for hydroxylation is 2. The van der Waals surface area contributed by atoms with Crippen molar-refractivity contribution in [3.63, 3.8) is 0 Å². The summed E-state index contributed by atoms with van der Waals surface area (Å²) in [5.74, 6) is 1.06. The first-order valence-corrected chi connectivity index (χ1v) is 8.76. The summed E-state index contributed by atoms with van der Waals surface area (Å²) in [6, 6.07) is 9.77. The van der Waals surface area contributed by atoms with E-state index in [1.165, 1.54) is 5.56 Å². The molecule has 24 heavy (non-hydrogen) atoms. The van der Waals surface area contributed by atoms with Crippen LogP contribution in [0.15, 0.2) is 30.3 Å². The third-order valence-corrected chi connectivity index (χ3v) is 4.95. The molecule has 1 aromatic heterocycles. The molecule has 5 heteroatoms. The number of hydrogen-bond acceptors (Lipinski definition) is 4. The van der Waals surface area contributed by atoms with Crippen LogP contribution in [0.1, 0.15) is 36.2 Å². The lowest BCUT2D eigenvalue weighted by Crippen LogP contribution is -2.44. The maximum absolute atomic E-state index is 10.7. The van der Waals surface area contributed by atoms with E-state index in [4.69, 9.17) is 4.74 Å². The fourth-order valence-electron chi connectivity index (χ4n) is 3.47. The van der Waals surface area contributed by atoms with Crippen LogP contribution in [0, 0.1) is 19.8 Å². The van der Waals surface area contributed by atoms with E-state index in [9.17, 15) is 5.11 Å². The zero-order valence-corrected chi connectivity index (χ0v) is 14.5. The highest BCUT2D eigenvalue weighted by molar-refractivity contribution is 5.23. The van der Waals surface area contributed by atoms with E-state index < -0.39 is 6.10 Å². The van der Waals surface area contributed by atoms with Gasteiger partial charge in [-0.3, -0.25) is 5.10 Å². The van der Waals surface area contributed by atoms with Crippen LogP contribution in [0.5, 0.6) is 5.75 Å². The van der Waals surface area contributed by atoms with Crippen LogP contribution in [0.25, 0.3) is 0 Å². The zero-order chi connectivity index (χ0) is 16.9.